The van der Waals surface area contributed by atoms with Crippen LogP contribution in [0.15, 0.2) is 29.2 Å². The quantitative estimate of drug-likeness (QED) is 0.890. The lowest BCUT2D eigenvalue weighted by Gasteiger charge is -2.16. The minimum absolute atomic E-state index is 0.412. The van der Waals surface area contributed by atoms with Crippen molar-refractivity contribution in [2.75, 3.05) is 26.7 Å². The lowest BCUT2D eigenvalue weighted by Crippen LogP contribution is -2.30. The number of benzene rings is 1. The van der Waals surface area contributed by atoms with Gasteiger partial charge in [0.15, 0.2) is 0 Å². The van der Waals surface area contributed by atoms with Gasteiger partial charge in [0.05, 0.1) is 4.90 Å². The van der Waals surface area contributed by atoms with Gasteiger partial charge in [-0.15, -0.1) is 0 Å². The normalized spacial score (nSPS) is 20.8. The minimum Gasteiger partial charge on any atom is -0.319 e. The number of hydrogen-bond acceptors (Lipinski definition) is 3. The third-order valence-corrected chi connectivity index (χ3v) is 5.59. The Kier molecular flexibility index (Phi) is 4.60. The van der Waals surface area contributed by atoms with E-state index in [1.165, 1.54) is 0 Å². The topological polar surface area (TPSA) is 49.4 Å². The molecule has 0 bridgehead atoms. The van der Waals surface area contributed by atoms with Gasteiger partial charge in [-0.3, -0.25) is 0 Å². The number of rotatable bonds is 5. The van der Waals surface area contributed by atoms with Crippen LogP contribution in [0.3, 0.4) is 0 Å². The van der Waals surface area contributed by atoms with Gasteiger partial charge in [-0.25, -0.2) is 8.42 Å². The monoisotopic (exact) mass is 282 g/mol. The molecule has 19 heavy (non-hydrogen) atoms. The summed E-state index contributed by atoms with van der Waals surface area (Å²) in [6.45, 7) is 4.19. The summed E-state index contributed by atoms with van der Waals surface area (Å²) >= 11 is 0. The van der Waals surface area contributed by atoms with Gasteiger partial charge in [0, 0.05) is 13.1 Å². The lowest BCUT2D eigenvalue weighted by atomic mass is 10.1. The second-order valence-corrected chi connectivity index (χ2v) is 7.01. The highest BCUT2D eigenvalue weighted by Gasteiger charge is 2.31. The molecule has 1 fully saturated rings. The molecule has 0 radical (unpaired) electrons. The van der Waals surface area contributed by atoms with Crippen molar-refractivity contribution in [2.24, 2.45) is 5.92 Å². The molecule has 1 N–H and O–H groups in total. The first kappa shape index (κ1) is 14.5. The largest absolute Gasteiger partial charge is 0.319 e. The van der Waals surface area contributed by atoms with Gasteiger partial charge >= 0.3 is 0 Å². The summed E-state index contributed by atoms with van der Waals surface area (Å²) in [6.07, 6.45) is 1.86. The Hall–Kier alpha value is -0.910. The molecule has 2 rings (SSSR count). The first-order valence-corrected chi connectivity index (χ1v) is 8.25. The average molecular weight is 282 g/mol. The van der Waals surface area contributed by atoms with Gasteiger partial charge in [-0.05, 0) is 50.0 Å². The molecule has 0 amide bonds. The Balaban J connectivity index is 2.13. The molecule has 0 aromatic heterocycles. The summed E-state index contributed by atoms with van der Waals surface area (Å²) < 4.78 is 26.6. The molecule has 1 aliphatic heterocycles. The molecule has 1 atom stereocenters. The molecule has 1 aliphatic rings. The van der Waals surface area contributed by atoms with E-state index < -0.39 is 10.0 Å². The van der Waals surface area contributed by atoms with E-state index in [2.05, 4.69) is 12.2 Å². The predicted octanol–water partition coefficient (Wildman–Crippen LogP) is 1.48. The maximum atomic E-state index is 12.5. The van der Waals surface area contributed by atoms with E-state index in [4.69, 9.17) is 0 Å². The zero-order valence-electron chi connectivity index (χ0n) is 11.6. The van der Waals surface area contributed by atoms with Crippen molar-refractivity contribution < 1.29 is 8.42 Å². The highest BCUT2D eigenvalue weighted by Crippen LogP contribution is 2.24. The number of nitrogens with one attached hydrogen (secondary N) is 1. The Labute approximate surface area is 115 Å². The van der Waals surface area contributed by atoms with Crippen LogP contribution in [0, 0.1) is 5.92 Å². The Morgan fingerprint density at radius 2 is 2.00 bits per heavy atom. The van der Waals surface area contributed by atoms with Crippen LogP contribution in [-0.4, -0.2) is 39.4 Å². The summed E-state index contributed by atoms with van der Waals surface area (Å²) in [4.78, 5) is 0.412. The number of aryl methyl sites for hydroxylation is 1. The van der Waals surface area contributed by atoms with Crippen molar-refractivity contribution >= 4 is 10.0 Å². The van der Waals surface area contributed by atoms with Crippen LogP contribution in [0.5, 0.6) is 0 Å². The van der Waals surface area contributed by atoms with E-state index in [0.717, 1.165) is 24.9 Å². The predicted molar refractivity (Wildman–Crippen MR) is 76.6 cm³/mol. The molecule has 0 saturated carbocycles. The second-order valence-electron chi connectivity index (χ2n) is 5.07. The van der Waals surface area contributed by atoms with Gasteiger partial charge < -0.3 is 5.32 Å². The average Bonchev–Trinajstić information content (AvgIpc) is 2.89. The Bertz CT molecular complexity index is 511. The van der Waals surface area contributed by atoms with Crippen LogP contribution in [0.4, 0.5) is 0 Å². The maximum Gasteiger partial charge on any atom is 0.243 e. The first-order valence-electron chi connectivity index (χ1n) is 6.81. The van der Waals surface area contributed by atoms with Crippen LogP contribution in [0.25, 0.3) is 0 Å². The molecule has 5 heteroatoms. The summed E-state index contributed by atoms with van der Waals surface area (Å²) in [6, 6.07) is 7.24. The van der Waals surface area contributed by atoms with E-state index in [9.17, 15) is 8.42 Å². The van der Waals surface area contributed by atoms with Crippen molar-refractivity contribution in [3.63, 3.8) is 0 Å². The molecular formula is C14H22N2O2S. The number of hydrogen-bond donors (Lipinski definition) is 1. The summed E-state index contributed by atoms with van der Waals surface area (Å²) in [5, 5.41) is 3.11. The second kappa shape index (κ2) is 6.03. The minimum atomic E-state index is -3.31. The zero-order chi connectivity index (χ0) is 13.9. The molecule has 0 aliphatic carbocycles. The van der Waals surface area contributed by atoms with Gasteiger partial charge in [0.25, 0.3) is 0 Å². The third kappa shape index (κ3) is 3.16. The molecule has 106 valence electrons. The van der Waals surface area contributed by atoms with Crippen molar-refractivity contribution in [1.82, 2.24) is 9.62 Å². The van der Waals surface area contributed by atoms with E-state index in [1.807, 2.05) is 19.2 Å². The van der Waals surface area contributed by atoms with Gasteiger partial charge in [-0.1, -0.05) is 19.1 Å². The van der Waals surface area contributed by atoms with E-state index in [0.29, 0.717) is 23.9 Å². The van der Waals surface area contributed by atoms with Crippen LogP contribution < -0.4 is 5.32 Å². The van der Waals surface area contributed by atoms with Crippen molar-refractivity contribution in [3.8, 4) is 0 Å². The molecule has 4 nitrogen and oxygen atoms in total. The van der Waals surface area contributed by atoms with Gasteiger partial charge in [0.2, 0.25) is 10.0 Å². The summed E-state index contributed by atoms with van der Waals surface area (Å²) in [7, 11) is -1.41. The Morgan fingerprint density at radius 3 is 2.58 bits per heavy atom. The maximum absolute atomic E-state index is 12.5. The number of sulfonamides is 1. The Morgan fingerprint density at radius 1 is 1.32 bits per heavy atom. The van der Waals surface area contributed by atoms with E-state index >= 15 is 0 Å². The fourth-order valence-corrected chi connectivity index (χ4v) is 4.05. The standard InChI is InChI=1S/C14H22N2O2S/c1-3-12-4-6-14(7-5-12)19(17,18)16-9-8-13(11-16)10-15-2/h4-7,13,15H,3,8-11H2,1-2H3. The molecule has 1 unspecified atom stereocenters. The summed E-state index contributed by atoms with van der Waals surface area (Å²) in [5.74, 6) is 0.426. The number of nitrogens with zero attached hydrogens (tertiary/aromatic N) is 1. The zero-order valence-corrected chi connectivity index (χ0v) is 12.4. The van der Waals surface area contributed by atoms with Gasteiger partial charge in [-0.2, -0.15) is 4.31 Å². The van der Waals surface area contributed by atoms with Crippen molar-refractivity contribution in [3.05, 3.63) is 29.8 Å². The highest BCUT2D eigenvalue weighted by atomic mass is 32.2. The van der Waals surface area contributed by atoms with E-state index in [-0.39, 0.29) is 0 Å². The first-order chi connectivity index (χ1) is 9.07. The van der Waals surface area contributed by atoms with Crippen molar-refractivity contribution in [1.29, 1.82) is 0 Å². The van der Waals surface area contributed by atoms with Crippen LogP contribution >= 0.6 is 0 Å². The molecule has 0 spiro atoms. The lowest BCUT2D eigenvalue weighted by molar-refractivity contribution is 0.451. The van der Waals surface area contributed by atoms with Crippen LogP contribution in [0.1, 0.15) is 18.9 Å². The van der Waals surface area contributed by atoms with Crippen molar-refractivity contribution in [2.45, 2.75) is 24.7 Å². The van der Waals surface area contributed by atoms with Crippen LogP contribution in [0.2, 0.25) is 0 Å². The van der Waals surface area contributed by atoms with E-state index in [1.54, 1.807) is 16.4 Å². The molecule has 1 aromatic carbocycles. The molecule has 1 aromatic rings. The highest BCUT2D eigenvalue weighted by molar-refractivity contribution is 7.89. The molecular weight excluding hydrogens is 260 g/mol. The molecule has 1 heterocycles. The smallest absolute Gasteiger partial charge is 0.243 e. The fraction of sp³-hybridized carbons (Fsp3) is 0.571. The van der Waals surface area contributed by atoms with Gasteiger partial charge in [0.1, 0.15) is 0 Å². The van der Waals surface area contributed by atoms with Crippen LogP contribution in [-0.2, 0) is 16.4 Å². The third-order valence-electron chi connectivity index (χ3n) is 3.71. The summed E-state index contributed by atoms with van der Waals surface area (Å²) in [5.41, 5.74) is 1.16. The fourth-order valence-electron chi connectivity index (χ4n) is 2.52. The SMILES string of the molecule is CCc1ccc(S(=O)(=O)N2CCC(CNC)C2)cc1. The molecule has 1 saturated heterocycles.